The number of rotatable bonds is 4. The predicted molar refractivity (Wildman–Crippen MR) is 125 cm³/mol. The minimum absolute atomic E-state index is 0.143. The monoisotopic (exact) mass is 466 g/mol. The molecule has 4 aliphatic carbocycles. The highest BCUT2D eigenvalue weighted by Gasteiger charge is 2.46. The van der Waals surface area contributed by atoms with Crippen molar-refractivity contribution in [1.82, 2.24) is 20.1 Å². The van der Waals surface area contributed by atoms with Gasteiger partial charge in [0.25, 0.3) is 5.91 Å². The van der Waals surface area contributed by atoms with Gasteiger partial charge in [-0.25, -0.2) is 9.67 Å². The Morgan fingerprint density at radius 3 is 2.47 bits per heavy atom. The second kappa shape index (κ2) is 7.89. The number of halogens is 2. The molecule has 32 heavy (non-hydrogen) atoms. The summed E-state index contributed by atoms with van der Waals surface area (Å²) >= 11 is 12.4. The first-order chi connectivity index (χ1) is 15.6. The largest absolute Gasteiger partial charge is 0.346 e. The molecule has 0 saturated heterocycles. The van der Waals surface area contributed by atoms with Gasteiger partial charge in [-0.05, 0) is 73.6 Å². The van der Waals surface area contributed by atoms with Gasteiger partial charge < -0.3 is 5.32 Å². The van der Waals surface area contributed by atoms with Crippen LogP contribution in [0, 0.1) is 11.8 Å². The van der Waals surface area contributed by atoms with Crippen LogP contribution in [0.5, 0.6) is 0 Å². The van der Waals surface area contributed by atoms with Crippen molar-refractivity contribution in [1.29, 1.82) is 0 Å². The fraction of sp³-hybridized carbons (Fsp3) is 0.400. The zero-order chi connectivity index (χ0) is 21.8. The van der Waals surface area contributed by atoms with E-state index in [0.717, 1.165) is 41.6 Å². The van der Waals surface area contributed by atoms with E-state index in [9.17, 15) is 4.79 Å². The summed E-state index contributed by atoms with van der Waals surface area (Å²) in [5.74, 6) is 2.89. The molecule has 1 aromatic carbocycles. The molecule has 7 heteroatoms. The van der Waals surface area contributed by atoms with Crippen LogP contribution in [-0.4, -0.2) is 20.7 Å². The molecule has 2 aromatic heterocycles. The van der Waals surface area contributed by atoms with E-state index in [0.29, 0.717) is 34.1 Å². The molecular formula is C25H24Cl2N4O. The lowest BCUT2D eigenvalue weighted by Gasteiger charge is -2.38. The van der Waals surface area contributed by atoms with Gasteiger partial charge in [0, 0.05) is 29.2 Å². The van der Waals surface area contributed by atoms with Gasteiger partial charge in [-0.2, -0.15) is 5.10 Å². The van der Waals surface area contributed by atoms with Crippen molar-refractivity contribution < 1.29 is 4.79 Å². The molecule has 2 saturated carbocycles. The van der Waals surface area contributed by atoms with Gasteiger partial charge in [-0.3, -0.25) is 4.79 Å². The van der Waals surface area contributed by atoms with E-state index in [2.05, 4.69) is 10.3 Å². The van der Waals surface area contributed by atoms with Crippen molar-refractivity contribution in [2.24, 2.45) is 11.8 Å². The quantitative estimate of drug-likeness (QED) is 0.520. The molecule has 4 bridgehead atoms. The van der Waals surface area contributed by atoms with E-state index in [1.807, 2.05) is 41.1 Å². The fourth-order valence-electron chi connectivity index (χ4n) is 6.28. The van der Waals surface area contributed by atoms with Crippen molar-refractivity contribution in [2.75, 3.05) is 0 Å². The Balaban J connectivity index is 1.42. The first-order valence-corrected chi connectivity index (χ1v) is 12.1. The number of nitrogens with zero attached hydrogens (tertiary/aromatic N) is 3. The summed E-state index contributed by atoms with van der Waals surface area (Å²) in [7, 11) is 0. The van der Waals surface area contributed by atoms with Gasteiger partial charge in [0.1, 0.15) is 0 Å². The molecule has 2 atom stereocenters. The van der Waals surface area contributed by atoms with E-state index in [1.165, 1.54) is 25.0 Å². The molecule has 0 aliphatic heterocycles. The lowest BCUT2D eigenvalue weighted by atomic mass is 9.67. The van der Waals surface area contributed by atoms with Gasteiger partial charge in [-0.1, -0.05) is 41.4 Å². The SMILES string of the molecule is O=C(NCc1ccccc1Cl)c1nn(-c2ccc(Cl)cn2)c2c1C1CC3CC(C1)CC2C3. The van der Waals surface area contributed by atoms with Crippen LogP contribution in [-0.2, 0) is 6.54 Å². The summed E-state index contributed by atoms with van der Waals surface area (Å²) in [5, 5.41) is 9.16. The van der Waals surface area contributed by atoms with E-state index >= 15 is 0 Å². The number of aromatic nitrogens is 3. The van der Waals surface area contributed by atoms with Crippen LogP contribution in [0.25, 0.3) is 5.82 Å². The standard InChI is InChI=1S/C25H24Cl2N4O/c26-19-5-6-21(28-13-19)31-24-18-10-14-7-15(11-18)9-17(8-14)22(24)23(30-31)25(32)29-12-16-3-1-2-4-20(16)27/h1-6,13-15,17-18H,7-12H2,(H,29,32). The van der Waals surface area contributed by atoms with Gasteiger partial charge in [0.15, 0.2) is 11.5 Å². The second-order valence-electron chi connectivity index (χ2n) is 9.47. The van der Waals surface area contributed by atoms with Crippen molar-refractivity contribution >= 4 is 29.1 Å². The average Bonchev–Trinajstić information content (AvgIpc) is 3.10. The van der Waals surface area contributed by atoms with Crippen molar-refractivity contribution in [2.45, 2.75) is 50.5 Å². The van der Waals surface area contributed by atoms with E-state index < -0.39 is 0 Å². The number of carbonyl (C=O) groups is 1. The number of amides is 1. The Morgan fingerprint density at radius 1 is 1.00 bits per heavy atom. The maximum absolute atomic E-state index is 13.4. The topological polar surface area (TPSA) is 59.8 Å². The summed E-state index contributed by atoms with van der Waals surface area (Å²) in [5.41, 5.74) is 3.78. The Hall–Kier alpha value is -2.37. The molecule has 7 rings (SSSR count). The molecule has 2 heterocycles. The highest BCUT2D eigenvalue weighted by atomic mass is 35.5. The van der Waals surface area contributed by atoms with Crippen LogP contribution >= 0.6 is 23.2 Å². The second-order valence-corrected chi connectivity index (χ2v) is 10.3. The highest BCUT2D eigenvalue weighted by Crippen LogP contribution is 2.57. The maximum Gasteiger partial charge on any atom is 0.272 e. The van der Waals surface area contributed by atoms with Crippen molar-refractivity contribution in [3.05, 3.63) is 75.2 Å². The van der Waals surface area contributed by atoms with E-state index in [1.54, 1.807) is 6.20 Å². The van der Waals surface area contributed by atoms with Crippen LogP contribution in [0.3, 0.4) is 0 Å². The molecule has 164 valence electrons. The third kappa shape index (κ3) is 3.43. The number of hydrogen-bond donors (Lipinski definition) is 1. The normalized spacial score (nSPS) is 25.4. The third-order valence-electron chi connectivity index (χ3n) is 7.43. The molecular weight excluding hydrogens is 443 g/mol. The summed E-state index contributed by atoms with van der Waals surface area (Å²) in [6.07, 6.45) is 7.65. The first-order valence-electron chi connectivity index (χ1n) is 11.3. The molecule has 1 N–H and O–H groups in total. The lowest BCUT2D eigenvalue weighted by molar-refractivity contribution is 0.0942. The summed E-state index contributed by atoms with van der Waals surface area (Å²) in [4.78, 5) is 18.0. The predicted octanol–water partition coefficient (Wildman–Crippen LogP) is 5.90. The summed E-state index contributed by atoms with van der Waals surface area (Å²) in [6.45, 7) is 0.374. The van der Waals surface area contributed by atoms with Crippen LogP contribution in [0.2, 0.25) is 10.0 Å². The smallest absolute Gasteiger partial charge is 0.272 e. The number of nitrogens with one attached hydrogen (secondary N) is 1. The summed E-state index contributed by atoms with van der Waals surface area (Å²) < 4.78 is 1.92. The summed E-state index contributed by atoms with van der Waals surface area (Å²) in [6, 6.07) is 11.3. The number of hydrogen-bond acceptors (Lipinski definition) is 3. The first kappa shape index (κ1) is 20.3. The van der Waals surface area contributed by atoms with Crippen molar-refractivity contribution in [3.8, 4) is 5.82 Å². The van der Waals surface area contributed by atoms with Gasteiger partial charge in [0.05, 0.1) is 10.7 Å². The zero-order valence-electron chi connectivity index (χ0n) is 17.6. The van der Waals surface area contributed by atoms with Gasteiger partial charge in [-0.15, -0.1) is 0 Å². The molecule has 4 aliphatic rings. The maximum atomic E-state index is 13.4. The number of benzene rings is 1. The third-order valence-corrected chi connectivity index (χ3v) is 8.03. The van der Waals surface area contributed by atoms with Crippen LogP contribution in [0.15, 0.2) is 42.6 Å². The minimum atomic E-state index is -0.143. The lowest BCUT2D eigenvalue weighted by Crippen LogP contribution is -2.28. The average molecular weight is 467 g/mol. The van der Waals surface area contributed by atoms with Gasteiger partial charge in [0.2, 0.25) is 0 Å². The number of carbonyl (C=O) groups excluding carboxylic acids is 1. The Kier molecular flexibility index (Phi) is 4.99. The molecule has 0 radical (unpaired) electrons. The van der Waals surface area contributed by atoms with Crippen molar-refractivity contribution in [3.63, 3.8) is 0 Å². The fourth-order valence-corrected chi connectivity index (χ4v) is 6.60. The van der Waals surface area contributed by atoms with Crippen LogP contribution < -0.4 is 5.32 Å². The van der Waals surface area contributed by atoms with Crippen LogP contribution in [0.1, 0.15) is 71.2 Å². The minimum Gasteiger partial charge on any atom is -0.346 e. The Labute approximate surface area is 197 Å². The number of pyridine rings is 1. The zero-order valence-corrected chi connectivity index (χ0v) is 19.1. The van der Waals surface area contributed by atoms with Gasteiger partial charge >= 0.3 is 0 Å². The molecule has 2 unspecified atom stereocenters. The van der Waals surface area contributed by atoms with E-state index in [4.69, 9.17) is 28.3 Å². The van der Waals surface area contributed by atoms with E-state index in [-0.39, 0.29) is 5.91 Å². The Morgan fingerprint density at radius 2 is 1.75 bits per heavy atom. The molecule has 1 amide bonds. The highest BCUT2D eigenvalue weighted by molar-refractivity contribution is 6.31. The molecule has 3 aromatic rings. The van der Waals surface area contributed by atoms with Crippen LogP contribution in [0.4, 0.5) is 0 Å². The molecule has 2 fully saturated rings. The Bertz CT molecular complexity index is 1180. The molecule has 5 nitrogen and oxygen atoms in total. The molecule has 0 spiro atoms.